The smallest absolute Gasteiger partial charge is 0.307 e. The molecule has 7 heteroatoms. The van der Waals surface area contributed by atoms with Crippen LogP contribution in [0.4, 0.5) is 20.2 Å². The molecule has 1 aliphatic heterocycles. The van der Waals surface area contributed by atoms with E-state index in [0.717, 1.165) is 18.2 Å². The van der Waals surface area contributed by atoms with Gasteiger partial charge >= 0.3 is 5.69 Å². The Hall–Kier alpha value is -1.37. The van der Waals surface area contributed by atoms with Crippen LogP contribution in [-0.4, -0.2) is 22.0 Å². The highest BCUT2D eigenvalue weighted by atomic mass is 32.2. The first-order chi connectivity index (χ1) is 8.49. The maximum atomic E-state index is 13.5. The molecule has 1 aromatic rings. The van der Waals surface area contributed by atoms with Crippen LogP contribution < -0.4 is 5.32 Å². The predicted molar refractivity (Wildman–Crippen MR) is 67.0 cm³/mol. The standard InChI is InChI=1S/C11H12F2N2O2S/c1-6-9(2-3-18-6)14-10-5-11(15(16)17)8(13)4-7(10)12/h4-6,9,14H,2-3H2,1H3. The fourth-order valence-corrected chi connectivity index (χ4v) is 3.11. The number of nitrogens with zero attached hydrogens (tertiary/aromatic N) is 1. The minimum absolute atomic E-state index is 0.0116. The minimum Gasteiger partial charge on any atom is -0.379 e. The maximum absolute atomic E-state index is 13.5. The largest absolute Gasteiger partial charge is 0.379 e. The lowest BCUT2D eigenvalue weighted by Crippen LogP contribution is -2.25. The molecule has 1 N–H and O–H groups in total. The maximum Gasteiger partial charge on any atom is 0.307 e. The Bertz CT molecular complexity index is 484. The van der Waals surface area contributed by atoms with E-state index in [1.165, 1.54) is 0 Å². The van der Waals surface area contributed by atoms with Crippen LogP contribution in [0, 0.1) is 21.7 Å². The highest BCUT2D eigenvalue weighted by molar-refractivity contribution is 8.00. The van der Waals surface area contributed by atoms with E-state index in [1.807, 2.05) is 6.92 Å². The first kappa shape index (κ1) is 13.1. The van der Waals surface area contributed by atoms with Gasteiger partial charge in [0.1, 0.15) is 5.82 Å². The van der Waals surface area contributed by atoms with Gasteiger partial charge in [-0.2, -0.15) is 16.2 Å². The molecule has 0 saturated carbocycles. The molecule has 2 unspecified atom stereocenters. The van der Waals surface area contributed by atoms with E-state index in [1.54, 1.807) is 11.8 Å². The summed E-state index contributed by atoms with van der Waals surface area (Å²) in [6.07, 6.45) is 0.858. The van der Waals surface area contributed by atoms with Crippen LogP contribution in [-0.2, 0) is 0 Å². The number of rotatable bonds is 3. The number of halogens is 2. The molecule has 4 nitrogen and oxygen atoms in total. The van der Waals surface area contributed by atoms with Crippen molar-refractivity contribution in [2.24, 2.45) is 0 Å². The number of hydrogen-bond donors (Lipinski definition) is 1. The van der Waals surface area contributed by atoms with Crippen molar-refractivity contribution < 1.29 is 13.7 Å². The molecule has 1 aromatic carbocycles. The van der Waals surface area contributed by atoms with Gasteiger partial charge in [-0.05, 0) is 12.2 Å². The van der Waals surface area contributed by atoms with Crippen molar-refractivity contribution in [3.05, 3.63) is 33.9 Å². The summed E-state index contributed by atoms with van der Waals surface area (Å²) >= 11 is 1.75. The van der Waals surface area contributed by atoms with Crippen molar-refractivity contribution in [2.75, 3.05) is 11.1 Å². The summed E-state index contributed by atoms with van der Waals surface area (Å²) in [5.74, 6) is -0.997. The Kier molecular flexibility index (Phi) is 3.70. The molecule has 0 spiro atoms. The molecular weight excluding hydrogens is 262 g/mol. The number of nitro benzene ring substituents is 1. The number of nitrogens with one attached hydrogen (secondary N) is 1. The number of thioether (sulfide) groups is 1. The van der Waals surface area contributed by atoms with E-state index in [9.17, 15) is 18.9 Å². The Labute approximate surface area is 107 Å². The Morgan fingerprint density at radius 3 is 2.72 bits per heavy atom. The summed E-state index contributed by atoms with van der Waals surface area (Å²) in [7, 11) is 0. The number of benzene rings is 1. The normalized spacial score (nSPS) is 23.1. The van der Waals surface area contributed by atoms with Gasteiger partial charge in [-0.3, -0.25) is 10.1 Å². The summed E-state index contributed by atoms with van der Waals surface area (Å²) in [4.78, 5) is 9.74. The molecule has 0 radical (unpaired) electrons. The third-order valence-corrected chi connectivity index (χ3v) is 4.28. The zero-order chi connectivity index (χ0) is 13.3. The average molecular weight is 274 g/mol. The van der Waals surface area contributed by atoms with Gasteiger partial charge in [0.2, 0.25) is 5.82 Å². The van der Waals surface area contributed by atoms with Crippen LogP contribution in [0.25, 0.3) is 0 Å². The van der Waals surface area contributed by atoms with E-state index < -0.39 is 22.2 Å². The van der Waals surface area contributed by atoms with E-state index in [-0.39, 0.29) is 11.7 Å². The Morgan fingerprint density at radius 1 is 1.44 bits per heavy atom. The summed E-state index contributed by atoms with van der Waals surface area (Å²) < 4.78 is 26.7. The fraction of sp³-hybridized carbons (Fsp3) is 0.455. The lowest BCUT2D eigenvalue weighted by molar-refractivity contribution is -0.387. The molecule has 0 aliphatic carbocycles. The van der Waals surface area contributed by atoms with Crippen LogP contribution >= 0.6 is 11.8 Å². The predicted octanol–water partition coefficient (Wildman–Crippen LogP) is 3.18. The van der Waals surface area contributed by atoms with Crippen molar-refractivity contribution in [1.82, 2.24) is 0 Å². The van der Waals surface area contributed by atoms with Crippen LogP contribution in [0.2, 0.25) is 0 Å². The van der Waals surface area contributed by atoms with Gasteiger partial charge in [0.25, 0.3) is 0 Å². The van der Waals surface area contributed by atoms with Gasteiger partial charge in [0.05, 0.1) is 10.6 Å². The topological polar surface area (TPSA) is 55.2 Å². The first-order valence-corrected chi connectivity index (χ1v) is 6.55. The summed E-state index contributed by atoms with van der Waals surface area (Å²) in [5.41, 5.74) is -0.723. The SMILES string of the molecule is CC1SCCC1Nc1cc([N+](=O)[O-])c(F)cc1F. The monoisotopic (exact) mass is 274 g/mol. The second kappa shape index (κ2) is 5.09. The third kappa shape index (κ3) is 2.55. The van der Waals surface area contributed by atoms with E-state index in [0.29, 0.717) is 11.3 Å². The molecular formula is C11H12F2N2O2S. The molecule has 0 amide bonds. The molecule has 18 heavy (non-hydrogen) atoms. The zero-order valence-corrected chi connectivity index (χ0v) is 10.5. The zero-order valence-electron chi connectivity index (χ0n) is 9.65. The van der Waals surface area contributed by atoms with Crippen LogP contribution in [0.15, 0.2) is 12.1 Å². The Morgan fingerprint density at radius 2 is 2.17 bits per heavy atom. The quantitative estimate of drug-likeness (QED) is 0.679. The summed E-state index contributed by atoms with van der Waals surface area (Å²) in [6.45, 7) is 2.01. The second-order valence-corrected chi connectivity index (χ2v) is 5.64. The first-order valence-electron chi connectivity index (χ1n) is 5.50. The molecule has 2 rings (SSSR count). The summed E-state index contributed by atoms with van der Waals surface area (Å²) in [5, 5.41) is 13.8. The number of nitro groups is 1. The molecule has 0 aromatic heterocycles. The molecule has 1 aliphatic rings. The minimum atomic E-state index is -1.16. The highest BCUT2D eigenvalue weighted by Gasteiger charge is 2.26. The molecule has 98 valence electrons. The van der Waals surface area contributed by atoms with Crippen molar-refractivity contribution in [1.29, 1.82) is 0 Å². The average Bonchev–Trinajstić information content (AvgIpc) is 2.67. The lowest BCUT2D eigenvalue weighted by atomic mass is 10.1. The third-order valence-electron chi connectivity index (χ3n) is 2.95. The molecule has 1 fully saturated rings. The summed E-state index contributed by atoms with van der Waals surface area (Å²) in [6, 6.07) is 1.52. The number of anilines is 1. The van der Waals surface area contributed by atoms with Crippen molar-refractivity contribution >= 4 is 23.1 Å². The van der Waals surface area contributed by atoms with Crippen molar-refractivity contribution in [3.8, 4) is 0 Å². The van der Waals surface area contributed by atoms with Crippen LogP contribution in [0.5, 0.6) is 0 Å². The van der Waals surface area contributed by atoms with Crippen LogP contribution in [0.1, 0.15) is 13.3 Å². The molecule has 1 saturated heterocycles. The molecule has 2 atom stereocenters. The van der Waals surface area contributed by atoms with E-state index in [4.69, 9.17) is 0 Å². The van der Waals surface area contributed by atoms with Gasteiger partial charge < -0.3 is 5.32 Å². The van der Waals surface area contributed by atoms with Gasteiger partial charge in [-0.15, -0.1) is 0 Å². The van der Waals surface area contributed by atoms with Gasteiger partial charge in [0, 0.05) is 23.4 Å². The highest BCUT2D eigenvalue weighted by Crippen LogP contribution is 2.31. The van der Waals surface area contributed by atoms with E-state index >= 15 is 0 Å². The van der Waals surface area contributed by atoms with Crippen LogP contribution in [0.3, 0.4) is 0 Å². The van der Waals surface area contributed by atoms with Gasteiger partial charge in [-0.1, -0.05) is 6.92 Å². The number of hydrogen-bond acceptors (Lipinski definition) is 4. The Balaban J connectivity index is 2.27. The van der Waals surface area contributed by atoms with Crippen molar-refractivity contribution in [3.63, 3.8) is 0 Å². The van der Waals surface area contributed by atoms with Crippen molar-refractivity contribution in [2.45, 2.75) is 24.6 Å². The molecule has 1 heterocycles. The van der Waals surface area contributed by atoms with Gasteiger partial charge in [0.15, 0.2) is 0 Å². The van der Waals surface area contributed by atoms with E-state index in [2.05, 4.69) is 5.32 Å². The lowest BCUT2D eigenvalue weighted by Gasteiger charge is -2.18. The fourth-order valence-electron chi connectivity index (χ4n) is 1.91. The molecule has 0 bridgehead atoms. The van der Waals surface area contributed by atoms with Gasteiger partial charge in [-0.25, -0.2) is 4.39 Å². The second-order valence-electron chi connectivity index (χ2n) is 4.16.